The van der Waals surface area contributed by atoms with Gasteiger partial charge < -0.3 is 14.4 Å². The molecule has 156 valence electrons. The van der Waals surface area contributed by atoms with Gasteiger partial charge in [-0.1, -0.05) is 44.2 Å². The van der Waals surface area contributed by atoms with Gasteiger partial charge in [0.05, 0.1) is 14.2 Å². The summed E-state index contributed by atoms with van der Waals surface area (Å²) in [5.41, 5.74) is 3.26. The second-order valence-corrected chi connectivity index (χ2v) is 8.47. The van der Waals surface area contributed by atoms with Crippen LogP contribution in [0, 0.1) is 18.8 Å². The van der Waals surface area contributed by atoms with Gasteiger partial charge in [0.2, 0.25) is 5.91 Å². The molecule has 1 amide bonds. The smallest absolute Gasteiger partial charge is 0.223 e. The van der Waals surface area contributed by atoms with Crippen LogP contribution in [0.5, 0.6) is 11.5 Å². The molecule has 29 heavy (non-hydrogen) atoms. The lowest BCUT2D eigenvalue weighted by atomic mass is 9.84. The first-order valence-corrected chi connectivity index (χ1v) is 10.5. The van der Waals surface area contributed by atoms with Crippen LogP contribution < -0.4 is 9.47 Å². The van der Waals surface area contributed by atoms with Crippen molar-refractivity contribution in [3.8, 4) is 11.5 Å². The lowest BCUT2D eigenvalue weighted by Crippen LogP contribution is -2.43. The second-order valence-electron chi connectivity index (χ2n) is 8.47. The Morgan fingerprint density at radius 2 is 1.72 bits per heavy atom. The largest absolute Gasteiger partial charge is 0.497 e. The predicted octanol–water partition coefficient (Wildman–Crippen LogP) is 5.04. The number of aryl methyl sites for hydroxylation is 1. The number of carbonyl (C=O) groups excluding carboxylic acids is 1. The molecule has 4 heteroatoms. The van der Waals surface area contributed by atoms with Gasteiger partial charge >= 0.3 is 0 Å². The van der Waals surface area contributed by atoms with Gasteiger partial charge in [0.1, 0.15) is 11.5 Å². The van der Waals surface area contributed by atoms with Gasteiger partial charge in [0.15, 0.2) is 0 Å². The monoisotopic (exact) mass is 395 g/mol. The third-order valence-electron chi connectivity index (χ3n) is 5.93. The Kier molecular flexibility index (Phi) is 6.83. The van der Waals surface area contributed by atoms with Crippen molar-refractivity contribution in [1.82, 2.24) is 4.90 Å². The van der Waals surface area contributed by atoms with Crippen LogP contribution in [-0.2, 0) is 4.79 Å². The average molecular weight is 396 g/mol. The highest BCUT2D eigenvalue weighted by atomic mass is 16.5. The molecule has 0 saturated carbocycles. The Labute approximate surface area is 174 Å². The fourth-order valence-electron chi connectivity index (χ4n) is 4.71. The van der Waals surface area contributed by atoms with E-state index in [0.717, 1.165) is 41.3 Å². The fraction of sp³-hybridized carbons (Fsp3) is 0.480. The van der Waals surface area contributed by atoms with Crippen LogP contribution >= 0.6 is 0 Å². The van der Waals surface area contributed by atoms with E-state index >= 15 is 0 Å². The molecule has 0 aromatic heterocycles. The van der Waals surface area contributed by atoms with Gasteiger partial charge in [-0.05, 0) is 42.4 Å². The summed E-state index contributed by atoms with van der Waals surface area (Å²) in [6.45, 7) is 8.24. The minimum atomic E-state index is -0.0582. The highest BCUT2D eigenvalue weighted by Crippen LogP contribution is 2.40. The Morgan fingerprint density at radius 1 is 1.07 bits per heavy atom. The van der Waals surface area contributed by atoms with Crippen molar-refractivity contribution in [3.63, 3.8) is 0 Å². The van der Waals surface area contributed by atoms with E-state index in [1.807, 2.05) is 30.3 Å². The van der Waals surface area contributed by atoms with E-state index in [0.29, 0.717) is 18.3 Å². The maximum absolute atomic E-state index is 13.3. The highest BCUT2D eigenvalue weighted by molar-refractivity contribution is 5.78. The SMILES string of the molecule is COc1cc(C)c(C(CC(=O)N2C[C@H](C)C[C@H](C)C2)c2ccccc2)c(OC)c1. The quantitative estimate of drug-likeness (QED) is 0.688. The van der Waals surface area contributed by atoms with Crippen LogP contribution in [-0.4, -0.2) is 38.1 Å². The van der Waals surface area contributed by atoms with Crippen molar-refractivity contribution in [2.24, 2.45) is 11.8 Å². The molecule has 0 aliphatic carbocycles. The molecule has 0 N–H and O–H groups in total. The van der Waals surface area contributed by atoms with E-state index in [4.69, 9.17) is 9.47 Å². The number of rotatable bonds is 6. The number of likely N-dealkylation sites (tertiary alicyclic amines) is 1. The molecule has 2 aromatic carbocycles. The third kappa shape index (κ3) is 4.92. The first kappa shape index (κ1) is 21.2. The molecule has 4 nitrogen and oxygen atoms in total. The van der Waals surface area contributed by atoms with Crippen LogP contribution in [0.4, 0.5) is 0 Å². The Hall–Kier alpha value is -2.49. The third-order valence-corrected chi connectivity index (χ3v) is 5.93. The van der Waals surface area contributed by atoms with Gasteiger partial charge in [-0.25, -0.2) is 0 Å². The number of amides is 1. The molecule has 0 spiro atoms. The van der Waals surface area contributed by atoms with Gasteiger partial charge in [-0.2, -0.15) is 0 Å². The number of carbonyl (C=O) groups is 1. The minimum absolute atomic E-state index is 0.0582. The molecule has 3 rings (SSSR count). The standard InChI is InChI=1S/C25H33NO3/c1-17-11-18(2)16-26(15-17)24(27)14-22(20-9-7-6-8-10-20)25-19(3)12-21(28-4)13-23(25)29-5/h6-10,12-13,17-18,22H,11,14-16H2,1-5H3/t17-,18+,22?. The molecule has 0 bridgehead atoms. The summed E-state index contributed by atoms with van der Waals surface area (Å²) in [6.07, 6.45) is 1.63. The number of hydrogen-bond donors (Lipinski definition) is 0. The summed E-state index contributed by atoms with van der Waals surface area (Å²) in [5.74, 6) is 2.79. The van der Waals surface area contributed by atoms with E-state index in [-0.39, 0.29) is 11.8 Å². The Balaban J connectivity index is 1.98. The van der Waals surface area contributed by atoms with Crippen LogP contribution in [0.25, 0.3) is 0 Å². The van der Waals surface area contributed by atoms with Crippen LogP contribution in [0.3, 0.4) is 0 Å². The van der Waals surface area contributed by atoms with Gasteiger partial charge in [-0.15, -0.1) is 0 Å². The van der Waals surface area contributed by atoms with Crippen molar-refractivity contribution in [2.75, 3.05) is 27.3 Å². The lowest BCUT2D eigenvalue weighted by Gasteiger charge is -2.36. The number of ether oxygens (including phenoxy) is 2. The first-order valence-electron chi connectivity index (χ1n) is 10.5. The van der Waals surface area contributed by atoms with Crippen LogP contribution in [0.2, 0.25) is 0 Å². The van der Waals surface area contributed by atoms with Gasteiger partial charge in [0, 0.05) is 37.1 Å². The first-order chi connectivity index (χ1) is 13.9. The second kappa shape index (κ2) is 9.34. The zero-order valence-corrected chi connectivity index (χ0v) is 18.3. The van der Waals surface area contributed by atoms with E-state index in [2.05, 4.69) is 37.8 Å². The lowest BCUT2D eigenvalue weighted by molar-refractivity contribution is -0.134. The summed E-state index contributed by atoms with van der Waals surface area (Å²) < 4.78 is 11.2. The molecule has 1 heterocycles. The van der Waals surface area contributed by atoms with E-state index in [1.54, 1.807) is 14.2 Å². The van der Waals surface area contributed by atoms with E-state index < -0.39 is 0 Å². The van der Waals surface area contributed by atoms with Gasteiger partial charge in [0.25, 0.3) is 0 Å². The van der Waals surface area contributed by atoms with Gasteiger partial charge in [-0.3, -0.25) is 4.79 Å². The number of benzene rings is 2. The molecule has 1 saturated heterocycles. The molecular formula is C25H33NO3. The fourth-order valence-corrected chi connectivity index (χ4v) is 4.71. The molecule has 1 aliphatic heterocycles. The van der Waals surface area contributed by atoms with Crippen molar-refractivity contribution in [1.29, 1.82) is 0 Å². The van der Waals surface area contributed by atoms with Crippen molar-refractivity contribution in [3.05, 3.63) is 59.2 Å². The Bertz CT molecular complexity index is 823. The minimum Gasteiger partial charge on any atom is -0.497 e. The summed E-state index contributed by atoms with van der Waals surface area (Å²) in [7, 11) is 3.33. The number of piperidine rings is 1. The molecular weight excluding hydrogens is 362 g/mol. The summed E-state index contributed by atoms with van der Waals surface area (Å²) in [6, 6.07) is 14.2. The number of hydrogen-bond acceptors (Lipinski definition) is 3. The number of nitrogens with zero attached hydrogens (tertiary/aromatic N) is 1. The number of methoxy groups -OCH3 is 2. The topological polar surface area (TPSA) is 38.8 Å². The maximum atomic E-state index is 13.3. The predicted molar refractivity (Wildman–Crippen MR) is 117 cm³/mol. The van der Waals surface area contributed by atoms with E-state index in [1.165, 1.54) is 6.42 Å². The molecule has 2 aromatic rings. The normalized spacial score (nSPS) is 20.2. The van der Waals surface area contributed by atoms with Crippen LogP contribution in [0.1, 0.15) is 49.3 Å². The summed E-state index contributed by atoms with van der Waals surface area (Å²) in [4.78, 5) is 15.4. The molecule has 0 radical (unpaired) electrons. The van der Waals surface area contributed by atoms with Crippen LogP contribution in [0.15, 0.2) is 42.5 Å². The molecule has 1 unspecified atom stereocenters. The molecule has 1 fully saturated rings. The molecule has 3 atom stereocenters. The summed E-state index contributed by atoms with van der Waals surface area (Å²) in [5, 5.41) is 0. The Morgan fingerprint density at radius 3 is 2.31 bits per heavy atom. The zero-order chi connectivity index (χ0) is 21.0. The average Bonchev–Trinajstić information content (AvgIpc) is 2.71. The van der Waals surface area contributed by atoms with Crippen molar-refractivity contribution in [2.45, 2.75) is 39.5 Å². The van der Waals surface area contributed by atoms with E-state index in [9.17, 15) is 4.79 Å². The van der Waals surface area contributed by atoms with Crippen molar-refractivity contribution < 1.29 is 14.3 Å². The zero-order valence-electron chi connectivity index (χ0n) is 18.3. The molecule has 1 aliphatic rings. The summed E-state index contributed by atoms with van der Waals surface area (Å²) >= 11 is 0. The van der Waals surface area contributed by atoms with Crippen molar-refractivity contribution >= 4 is 5.91 Å². The maximum Gasteiger partial charge on any atom is 0.223 e. The highest BCUT2D eigenvalue weighted by Gasteiger charge is 2.30.